The summed E-state index contributed by atoms with van der Waals surface area (Å²) < 4.78 is 0. The first-order chi connectivity index (χ1) is 11.2. The van der Waals surface area contributed by atoms with E-state index in [0.29, 0.717) is 31.8 Å². The fourth-order valence-electron chi connectivity index (χ4n) is 3.56. The Labute approximate surface area is 136 Å². The average molecular weight is 316 g/mol. The van der Waals surface area contributed by atoms with E-state index in [4.69, 9.17) is 0 Å². The molecule has 2 amide bonds. The molecule has 1 saturated heterocycles. The summed E-state index contributed by atoms with van der Waals surface area (Å²) in [6.45, 7) is 1.39. The fourth-order valence-corrected chi connectivity index (χ4v) is 3.56. The number of amides is 2. The van der Waals surface area contributed by atoms with Gasteiger partial charge in [0.25, 0.3) is 0 Å². The molecule has 1 aromatic rings. The first kappa shape index (κ1) is 15.9. The normalized spacial score (nSPS) is 21.8. The zero-order valence-corrected chi connectivity index (χ0v) is 13.4. The second-order valence-electron chi connectivity index (χ2n) is 6.56. The highest BCUT2D eigenvalue weighted by Gasteiger charge is 2.35. The smallest absolute Gasteiger partial charge is 0.223 e. The van der Waals surface area contributed by atoms with Crippen LogP contribution in [0.4, 0.5) is 0 Å². The van der Waals surface area contributed by atoms with E-state index < -0.39 is 0 Å². The highest BCUT2D eigenvalue weighted by atomic mass is 16.2. The van der Waals surface area contributed by atoms with Gasteiger partial charge in [0.15, 0.2) is 0 Å². The maximum Gasteiger partial charge on any atom is 0.223 e. The molecule has 1 aromatic heterocycles. The van der Waals surface area contributed by atoms with Gasteiger partial charge in [0, 0.05) is 56.5 Å². The van der Waals surface area contributed by atoms with Gasteiger partial charge in [-0.15, -0.1) is 0 Å². The summed E-state index contributed by atoms with van der Waals surface area (Å²) in [5.41, 5.74) is 0.825. The molecule has 0 aromatic carbocycles. The lowest BCUT2D eigenvalue weighted by Gasteiger charge is -2.24. The summed E-state index contributed by atoms with van der Waals surface area (Å²) in [6.07, 6.45) is 11.3. The Morgan fingerprint density at radius 2 is 2.13 bits per heavy atom. The van der Waals surface area contributed by atoms with E-state index in [1.165, 1.54) is 12.8 Å². The standard InChI is InChI=1S/C17H24N4O2/c22-16(6-5-14-11-18-7-8-19-14)20-10-13-9-17(23)21(12-13)15-3-1-2-4-15/h7-8,11,13,15H,1-6,9-10,12H2,(H,20,22)/t13-/m1/s1. The van der Waals surface area contributed by atoms with Crippen LogP contribution < -0.4 is 5.32 Å². The quantitative estimate of drug-likeness (QED) is 0.859. The molecule has 0 bridgehead atoms. The van der Waals surface area contributed by atoms with Crippen LogP contribution in [0.25, 0.3) is 0 Å². The number of aromatic nitrogens is 2. The van der Waals surface area contributed by atoms with Crippen LogP contribution in [0.15, 0.2) is 18.6 Å². The summed E-state index contributed by atoms with van der Waals surface area (Å²) in [4.78, 5) is 34.3. The number of carbonyl (C=O) groups is 2. The van der Waals surface area contributed by atoms with Crippen LogP contribution in [0.2, 0.25) is 0 Å². The third-order valence-electron chi connectivity index (χ3n) is 4.82. The van der Waals surface area contributed by atoms with Crippen molar-refractivity contribution in [2.45, 2.75) is 51.0 Å². The molecule has 1 aliphatic carbocycles. The zero-order chi connectivity index (χ0) is 16.1. The number of carbonyl (C=O) groups excluding carboxylic acids is 2. The monoisotopic (exact) mass is 316 g/mol. The summed E-state index contributed by atoms with van der Waals surface area (Å²) in [7, 11) is 0. The summed E-state index contributed by atoms with van der Waals surface area (Å²) in [6, 6.07) is 0.444. The second-order valence-corrected chi connectivity index (χ2v) is 6.56. The Kier molecular flexibility index (Phi) is 5.20. The molecular weight excluding hydrogens is 292 g/mol. The molecule has 1 saturated carbocycles. The SMILES string of the molecule is O=C(CCc1cnccn1)NC[C@H]1CC(=O)N(C2CCCC2)C1. The second kappa shape index (κ2) is 7.53. The molecular formula is C17H24N4O2. The van der Waals surface area contributed by atoms with Crippen molar-refractivity contribution in [1.29, 1.82) is 0 Å². The van der Waals surface area contributed by atoms with Crippen molar-refractivity contribution < 1.29 is 9.59 Å². The third-order valence-corrected chi connectivity index (χ3v) is 4.82. The number of rotatable bonds is 6. The zero-order valence-electron chi connectivity index (χ0n) is 13.4. The third kappa shape index (κ3) is 4.27. The largest absolute Gasteiger partial charge is 0.356 e. The van der Waals surface area contributed by atoms with Crippen molar-refractivity contribution >= 4 is 11.8 Å². The number of hydrogen-bond acceptors (Lipinski definition) is 4. The average Bonchev–Trinajstić information content (AvgIpc) is 3.21. The fraction of sp³-hybridized carbons (Fsp3) is 0.647. The Hall–Kier alpha value is -1.98. The van der Waals surface area contributed by atoms with E-state index in [0.717, 1.165) is 25.1 Å². The maximum atomic E-state index is 12.1. The first-order valence-corrected chi connectivity index (χ1v) is 8.53. The molecule has 124 valence electrons. The lowest BCUT2D eigenvalue weighted by molar-refractivity contribution is -0.129. The maximum absolute atomic E-state index is 12.1. The predicted molar refractivity (Wildman–Crippen MR) is 85.4 cm³/mol. The number of nitrogens with zero attached hydrogens (tertiary/aromatic N) is 3. The van der Waals surface area contributed by atoms with Crippen LogP contribution in [-0.4, -0.2) is 45.8 Å². The van der Waals surface area contributed by atoms with E-state index in [9.17, 15) is 9.59 Å². The van der Waals surface area contributed by atoms with Gasteiger partial charge in [0.05, 0.1) is 5.69 Å². The molecule has 1 N–H and O–H groups in total. The van der Waals surface area contributed by atoms with Gasteiger partial charge in [-0.3, -0.25) is 19.6 Å². The van der Waals surface area contributed by atoms with Gasteiger partial charge in [-0.25, -0.2) is 0 Å². The minimum atomic E-state index is 0.0161. The Morgan fingerprint density at radius 1 is 1.30 bits per heavy atom. The lowest BCUT2D eigenvalue weighted by Crippen LogP contribution is -2.36. The van der Waals surface area contributed by atoms with Crippen molar-refractivity contribution in [3.8, 4) is 0 Å². The molecule has 1 atom stereocenters. The molecule has 6 heteroatoms. The Bertz CT molecular complexity index is 543. The van der Waals surface area contributed by atoms with Gasteiger partial charge < -0.3 is 10.2 Å². The van der Waals surface area contributed by atoms with Crippen LogP contribution in [0.1, 0.15) is 44.2 Å². The topological polar surface area (TPSA) is 75.2 Å². The van der Waals surface area contributed by atoms with Gasteiger partial charge in [-0.1, -0.05) is 12.8 Å². The van der Waals surface area contributed by atoms with Crippen molar-refractivity contribution in [3.05, 3.63) is 24.3 Å². The summed E-state index contributed by atoms with van der Waals surface area (Å²) >= 11 is 0. The Balaban J connectivity index is 1.38. The van der Waals surface area contributed by atoms with Crippen LogP contribution in [0.5, 0.6) is 0 Å². The number of nitrogens with one attached hydrogen (secondary N) is 1. The van der Waals surface area contributed by atoms with E-state index in [1.54, 1.807) is 18.6 Å². The molecule has 1 aliphatic heterocycles. The van der Waals surface area contributed by atoms with E-state index >= 15 is 0 Å². The summed E-state index contributed by atoms with van der Waals surface area (Å²) in [5, 5.41) is 2.96. The lowest BCUT2D eigenvalue weighted by atomic mass is 10.1. The molecule has 0 radical (unpaired) electrons. The van der Waals surface area contributed by atoms with Crippen molar-refractivity contribution in [2.24, 2.45) is 5.92 Å². The minimum absolute atomic E-state index is 0.0161. The predicted octanol–water partition coefficient (Wildman–Crippen LogP) is 1.32. The van der Waals surface area contributed by atoms with Crippen molar-refractivity contribution in [3.63, 3.8) is 0 Å². The highest BCUT2D eigenvalue weighted by Crippen LogP contribution is 2.29. The molecule has 2 heterocycles. The van der Waals surface area contributed by atoms with Gasteiger partial charge in [-0.05, 0) is 19.3 Å². The van der Waals surface area contributed by atoms with Crippen molar-refractivity contribution in [1.82, 2.24) is 20.2 Å². The van der Waals surface area contributed by atoms with Gasteiger partial charge in [-0.2, -0.15) is 0 Å². The number of aryl methyl sites for hydroxylation is 1. The summed E-state index contributed by atoms with van der Waals surface area (Å²) in [5.74, 6) is 0.529. The molecule has 2 aliphatic rings. The van der Waals surface area contributed by atoms with E-state index in [-0.39, 0.29) is 17.7 Å². The molecule has 3 rings (SSSR count). The molecule has 2 fully saturated rings. The van der Waals surface area contributed by atoms with Gasteiger partial charge in [0.1, 0.15) is 0 Å². The van der Waals surface area contributed by atoms with E-state index in [2.05, 4.69) is 15.3 Å². The van der Waals surface area contributed by atoms with Crippen LogP contribution in [-0.2, 0) is 16.0 Å². The Morgan fingerprint density at radius 3 is 2.87 bits per heavy atom. The van der Waals surface area contributed by atoms with Crippen LogP contribution in [0, 0.1) is 5.92 Å². The first-order valence-electron chi connectivity index (χ1n) is 8.53. The molecule has 0 unspecified atom stereocenters. The molecule has 0 spiro atoms. The van der Waals surface area contributed by atoms with Crippen LogP contribution in [0.3, 0.4) is 0 Å². The highest BCUT2D eigenvalue weighted by molar-refractivity contribution is 5.79. The molecule has 23 heavy (non-hydrogen) atoms. The van der Waals surface area contributed by atoms with Gasteiger partial charge in [0.2, 0.25) is 11.8 Å². The minimum Gasteiger partial charge on any atom is -0.356 e. The van der Waals surface area contributed by atoms with Crippen LogP contribution >= 0.6 is 0 Å². The van der Waals surface area contributed by atoms with Crippen molar-refractivity contribution in [2.75, 3.05) is 13.1 Å². The molecule has 6 nitrogen and oxygen atoms in total. The van der Waals surface area contributed by atoms with E-state index in [1.807, 2.05) is 4.90 Å². The number of likely N-dealkylation sites (tertiary alicyclic amines) is 1. The number of hydrogen-bond donors (Lipinski definition) is 1. The van der Waals surface area contributed by atoms with Gasteiger partial charge >= 0.3 is 0 Å².